The highest BCUT2D eigenvalue weighted by Crippen LogP contribution is 2.04. The van der Waals surface area contributed by atoms with Crippen molar-refractivity contribution in [3.8, 4) is 0 Å². The van der Waals surface area contributed by atoms with Gasteiger partial charge in [-0.15, -0.1) is 0 Å². The predicted octanol–water partition coefficient (Wildman–Crippen LogP) is -0.472. The van der Waals surface area contributed by atoms with Gasteiger partial charge in [0.15, 0.2) is 0 Å². The molecule has 1 saturated heterocycles. The summed E-state index contributed by atoms with van der Waals surface area (Å²) >= 11 is 0. The van der Waals surface area contributed by atoms with Crippen LogP contribution in [0.3, 0.4) is 0 Å². The smallest absolute Gasteiger partial charge is 0.309 e. The molecule has 0 unspecified atom stereocenters. The van der Waals surface area contributed by atoms with Crippen LogP contribution in [0.2, 0.25) is 0 Å². The van der Waals surface area contributed by atoms with Crippen molar-refractivity contribution in [2.45, 2.75) is 6.54 Å². The average Bonchev–Trinajstić information content (AvgIpc) is 2.47. The van der Waals surface area contributed by atoms with Crippen LogP contribution in [0, 0.1) is 0 Å². The molecule has 1 aliphatic rings. The van der Waals surface area contributed by atoms with Gasteiger partial charge in [0, 0.05) is 6.20 Å². The van der Waals surface area contributed by atoms with Gasteiger partial charge < -0.3 is 4.90 Å². The lowest BCUT2D eigenvalue weighted by Crippen LogP contribution is -2.28. The van der Waals surface area contributed by atoms with Crippen molar-refractivity contribution in [2.24, 2.45) is 0 Å². The Morgan fingerprint density at radius 3 is 2.93 bits per heavy atom. The Bertz CT molecular complexity index is 365. The first kappa shape index (κ1) is 8.61. The number of hydrogen-bond acceptors (Lipinski definition) is 4. The van der Waals surface area contributed by atoms with E-state index in [9.17, 15) is 9.59 Å². The fourth-order valence-corrected chi connectivity index (χ4v) is 1.22. The second-order valence-electron chi connectivity index (χ2n) is 2.91. The molecule has 1 N–H and O–H groups in total. The third-order valence-electron chi connectivity index (χ3n) is 1.86. The first-order valence-electron chi connectivity index (χ1n) is 4.09. The third-order valence-corrected chi connectivity index (χ3v) is 1.86. The summed E-state index contributed by atoms with van der Waals surface area (Å²) in [5.74, 6) is -0.274. The van der Waals surface area contributed by atoms with Crippen molar-refractivity contribution in [2.75, 3.05) is 6.54 Å². The van der Waals surface area contributed by atoms with Crippen molar-refractivity contribution in [3.63, 3.8) is 0 Å². The Morgan fingerprint density at radius 2 is 2.36 bits per heavy atom. The summed E-state index contributed by atoms with van der Waals surface area (Å²) in [5, 5.41) is 2.19. The van der Waals surface area contributed by atoms with Gasteiger partial charge >= 0.3 is 6.03 Å². The van der Waals surface area contributed by atoms with Crippen LogP contribution < -0.4 is 5.32 Å². The number of urea groups is 1. The number of imide groups is 1. The van der Waals surface area contributed by atoms with Crippen molar-refractivity contribution >= 4 is 11.9 Å². The maximum atomic E-state index is 11.1. The van der Waals surface area contributed by atoms with Gasteiger partial charge in [0.25, 0.3) is 0 Å². The highest BCUT2D eigenvalue weighted by atomic mass is 16.2. The van der Waals surface area contributed by atoms with E-state index < -0.39 is 0 Å². The normalized spacial score (nSPS) is 15.9. The number of nitrogens with one attached hydrogen (secondary N) is 1. The lowest BCUT2D eigenvalue weighted by Gasteiger charge is -2.11. The molecule has 1 aromatic heterocycles. The Labute approximate surface area is 80.0 Å². The molecule has 1 aliphatic heterocycles. The molecule has 6 heteroatoms. The number of rotatable bonds is 2. The number of aromatic nitrogens is 2. The molecule has 3 amide bonds. The van der Waals surface area contributed by atoms with Crippen LogP contribution in [0.25, 0.3) is 0 Å². The molecule has 1 fully saturated rings. The van der Waals surface area contributed by atoms with Crippen LogP contribution in [0.4, 0.5) is 4.79 Å². The minimum absolute atomic E-state index is 0.100. The van der Waals surface area contributed by atoms with E-state index in [1.807, 2.05) is 0 Å². The SMILES string of the molecule is O=C1CN(Cc2ccncn2)C(=O)N1. The van der Waals surface area contributed by atoms with Gasteiger partial charge in [0.1, 0.15) is 12.9 Å². The van der Waals surface area contributed by atoms with Gasteiger partial charge in [-0.2, -0.15) is 0 Å². The summed E-state index contributed by atoms with van der Waals surface area (Å²) in [5.41, 5.74) is 0.713. The number of carbonyl (C=O) groups excluding carboxylic acids is 2. The van der Waals surface area contributed by atoms with E-state index in [0.29, 0.717) is 12.2 Å². The van der Waals surface area contributed by atoms with Crippen LogP contribution in [-0.4, -0.2) is 33.4 Å². The second-order valence-corrected chi connectivity index (χ2v) is 2.91. The van der Waals surface area contributed by atoms with E-state index in [1.54, 1.807) is 12.3 Å². The van der Waals surface area contributed by atoms with E-state index in [0.717, 1.165) is 0 Å². The van der Waals surface area contributed by atoms with Crippen LogP contribution in [-0.2, 0) is 11.3 Å². The zero-order valence-corrected chi connectivity index (χ0v) is 7.30. The molecule has 0 aliphatic carbocycles. The summed E-state index contributed by atoms with van der Waals surface area (Å²) in [6.45, 7) is 0.433. The Hall–Kier alpha value is -1.98. The van der Waals surface area contributed by atoms with Gasteiger partial charge in [0.2, 0.25) is 5.91 Å². The number of carbonyl (C=O) groups is 2. The molecule has 0 bridgehead atoms. The summed E-state index contributed by atoms with van der Waals surface area (Å²) < 4.78 is 0. The molecule has 2 heterocycles. The van der Waals surface area contributed by atoms with Crippen molar-refractivity contribution in [3.05, 3.63) is 24.3 Å². The molecule has 14 heavy (non-hydrogen) atoms. The average molecular weight is 192 g/mol. The monoisotopic (exact) mass is 192 g/mol. The lowest BCUT2D eigenvalue weighted by molar-refractivity contribution is -0.118. The van der Waals surface area contributed by atoms with Gasteiger partial charge in [-0.25, -0.2) is 14.8 Å². The first-order chi connectivity index (χ1) is 6.75. The topological polar surface area (TPSA) is 75.2 Å². The van der Waals surface area contributed by atoms with Crippen LogP contribution in [0.15, 0.2) is 18.6 Å². The fourth-order valence-electron chi connectivity index (χ4n) is 1.22. The highest BCUT2D eigenvalue weighted by molar-refractivity contribution is 6.01. The minimum atomic E-state index is -0.367. The molecular formula is C8H8N4O2. The molecule has 0 radical (unpaired) electrons. The molecular weight excluding hydrogens is 184 g/mol. The minimum Gasteiger partial charge on any atom is -0.309 e. The van der Waals surface area contributed by atoms with Gasteiger partial charge in [-0.05, 0) is 6.07 Å². The van der Waals surface area contributed by atoms with Gasteiger partial charge in [-0.1, -0.05) is 0 Å². The maximum absolute atomic E-state index is 11.1. The van der Waals surface area contributed by atoms with Crippen LogP contribution in [0.5, 0.6) is 0 Å². The maximum Gasteiger partial charge on any atom is 0.324 e. The largest absolute Gasteiger partial charge is 0.324 e. The van der Waals surface area contributed by atoms with E-state index in [2.05, 4.69) is 15.3 Å². The van der Waals surface area contributed by atoms with Gasteiger partial charge in [0.05, 0.1) is 12.2 Å². The van der Waals surface area contributed by atoms with E-state index in [4.69, 9.17) is 0 Å². The third kappa shape index (κ3) is 1.68. The Morgan fingerprint density at radius 1 is 1.50 bits per heavy atom. The lowest BCUT2D eigenvalue weighted by atomic mass is 10.4. The van der Waals surface area contributed by atoms with Gasteiger partial charge in [-0.3, -0.25) is 10.1 Å². The quantitative estimate of drug-likeness (QED) is 0.642. The molecule has 2 rings (SSSR count). The molecule has 1 aromatic rings. The van der Waals surface area contributed by atoms with E-state index in [-0.39, 0.29) is 18.5 Å². The number of nitrogens with zero attached hydrogens (tertiary/aromatic N) is 3. The van der Waals surface area contributed by atoms with E-state index >= 15 is 0 Å². The molecule has 0 spiro atoms. The summed E-state index contributed by atoms with van der Waals surface area (Å²) in [7, 11) is 0. The van der Waals surface area contributed by atoms with Crippen molar-refractivity contribution < 1.29 is 9.59 Å². The zero-order valence-electron chi connectivity index (χ0n) is 7.30. The number of amides is 3. The molecule has 0 aromatic carbocycles. The fraction of sp³-hybridized carbons (Fsp3) is 0.250. The predicted molar refractivity (Wildman–Crippen MR) is 46.0 cm³/mol. The standard InChI is InChI=1S/C8H8N4O2/c13-7-4-12(8(14)11-7)3-6-1-2-9-5-10-6/h1-2,5H,3-4H2,(H,11,13,14). The second kappa shape index (κ2) is 3.41. The molecule has 6 nitrogen and oxygen atoms in total. The Kier molecular flexibility index (Phi) is 2.10. The molecule has 0 saturated carbocycles. The van der Waals surface area contributed by atoms with Crippen LogP contribution in [0.1, 0.15) is 5.69 Å². The number of hydrogen-bond donors (Lipinski definition) is 1. The highest BCUT2D eigenvalue weighted by Gasteiger charge is 2.26. The summed E-state index contributed by atoms with van der Waals surface area (Å²) in [4.78, 5) is 31.1. The zero-order chi connectivity index (χ0) is 9.97. The summed E-state index contributed by atoms with van der Waals surface area (Å²) in [6, 6.07) is 1.34. The Balaban J connectivity index is 2.05. The first-order valence-corrected chi connectivity index (χ1v) is 4.09. The van der Waals surface area contributed by atoms with E-state index in [1.165, 1.54) is 11.2 Å². The van der Waals surface area contributed by atoms with Crippen molar-refractivity contribution in [1.82, 2.24) is 20.2 Å². The molecule has 72 valence electrons. The summed E-state index contributed by atoms with van der Waals surface area (Å²) in [6.07, 6.45) is 3.00. The molecule has 0 atom stereocenters. The van der Waals surface area contributed by atoms with Crippen molar-refractivity contribution in [1.29, 1.82) is 0 Å². The van der Waals surface area contributed by atoms with Crippen LogP contribution >= 0.6 is 0 Å².